The van der Waals surface area contributed by atoms with Crippen molar-refractivity contribution in [1.82, 2.24) is 9.97 Å². The first-order valence-electron chi connectivity index (χ1n) is 14.0. The number of ether oxygens (including phenoxy) is 3. The Hall–Kier alpha value is -4.99. The van der Waals surface area contributed by atoms with Crippen LogP contribution in [0.2, 0.25) is 0 Å². The largest absolute Gasteiger partial charge is 0.469 e. The van der Waals surface area contributed by atoms with E-state index in [-0.39, 0.29) is 49.0 Å². The third-order valence-corrected chi connectivity index (χ3v) is 7.45. The van der Waals surface area contributed by atoms with Crippen molar-refractivity contribution in [3.63, 3.8) is 0 Å². The van der Waals surface area contributed by atoms with E-state index in [2.05, 4.69) is 9.97 Å². The molecule has 2 N–H and O–H groups in total. The van der Waals surface area contributed by atoms with Crippen molar-refractivity contribution in [3.8, 4) is 0 Å². The molecular weight excluding hydrogens is 550 g/mol. The first-order chi connectivity index (χ1) is 20.7. The van der Waals surface area contributed by atoms with E-state index in [1.807, 2.05) is 72.4 Å². The highest BCUT2D eigenvalue weighted by molar-refractivity contribution is 6.10. The van der Waals surface area contributed by atoms with Crippen LogP contribution in [0.1, 0.15) is 73.0 Å². The van der Waals surface area contributed by atoms with Crippen molar-refractivity contribution < 1.29 is 38.0 Å². The number of nitrogens with zero attached hydrogens (tertiary/aromatic N) is 1. The predicted octanol–water partition coefficient (Wildman–Crippen LogP) is 4.09. The average molecular weight is 587 g/mol. The number of benzene rings is 1. The third-order valence-electron chi connectivity index (χ3n) is 7.45. The van der Waals surface area contributed by atoms with E-state index in [0.29, 0.717) is 35.3 Å². The fourth-order valence-corrected chi connectivity index (χ4v) is 5.04. The van der Waals surface area contributed by atoms with Crippen LogP contribution in [0.3, 0.4) is 0 Å². The summed E-state index contributed by atoms with van der Waals surface area (Å²) in [5.41, 5.74) is 4.87. The molecule has 3 aromatic heterocycles. The van der Waals surface area contributed by atoms with Crippen molar-refractivity contribution in [1.29, 1.82) is 0 Å². The average Bonchev–Trinajstić information content (AvgIpc) is 3.53. The maximum Gasteiger partial charge on any atom is 0.355 e. The summed E-state index contributed by atoms with van der Waals surface area (Å²) in [6.45, 7) is 4.06. The van der Waals surface area contributed by atoms with Gasteiger partial charge in [-0.15, -0.1) is 0 Å². The van der Waals surface area contributed by atoms with Gasteiger partial charge in [0.25, 0.3) is 0 Å². The van der Waals surface area contributed by atoms with Gasteiger partial charge in [0.05, 0.1) is 31.3 Å². The van der Waals surface area contributed by atoms with Gasteiger partial charge in [-0.2, -0.15) is 4.57 Å². The van der Waals surface area contributed by atoms with E-state index in [0.717, 1.165) is 16.8 Å². The zero-order valence-corrected chi connectivity index (χ0v) is 24.8. The number of nitrogens with one attached hydrogen (secondary N) is 2. The van der Waals surface area contributed by atoms with Crippen LogP contribution in [0.15, 0.2) is 60.9 Å². The number of carbonyl (C=O) groups is 4. The molecule has 224 valence electrons. The summed E-state index contributed by atoms with van der Waals surface area (Å²) in [5.74, 6) is -1.76. The lowest BCUT2D eigenvalue weighted by Gasteiger charge is -2.06. The maximum atomic E-state index is 14.2. The summed E-state index contributed by atoms with van der Waals surface area (Å²) in [7, 11) is 2.64. The Morgan fingerprint density at radius 1 is 0.721 bits per heavy atom. The molecule has 0 spiro atoms. The summed E-state index contributed by atoms with van der Waals surface area (Å²) in [5, 5.41) is 0. The van der Waals surface area contributed by atoms with Crippen LogP contribution in [0, 0.1) is 13.8 Å². The molecule has 4 aromatic rings. The Labute approximate surface area is 250 Å². The zero-order chi connectivity index (χ0) is 30.9. The van der Waals surface area contributed by atoms with Crippen LogP contribution in [-0.4, -0.2) is 47.9 Å². The van der Waals surface area contributed by atoms with Crippen molar-refractivity contribution >= 4 is 23.7 Å². The van der Waals surface area contributed by atoms with Gasteiger partial charge < -0.3 is 24.2 Å². The summed E-state index contributed by atoms with van der Waals surface area (Å²) in [6.07, 6.45) is 4.56. The molecule has 0 aliphatic carbocycles. The lowest BCUT2D eigenvalue weighted by molar-refractivity contribution is -0.688. The number of pyridine rings is 1. The zero-order valence-electron chi connectivity index (χ0n) is 24.8. The Morgan fingerprint density at radius 2 is 1.30 bits per heavy atom. The van der Waals surface area contributed by atoms with Crippen molar-refractivity contribution in [2.24, 2.45) is 0 Å². The van der Waals surface area contributed by atoms with Gasteiger partial charge >= 0.3 is 17.9 Å². The fourth-order valence-electron chi connectivity index (χ4n) is 5.04. The Kier molecular flexibility index (Phi) is 10.3. The number of rotatable bonds is 13. The number of H-pyrrole nitrogens is 2. The highest BCUT2D eigenvalue weighted by atomic mass is 16.5. The van der Waals surface area contributed by atoms with Crippen molar-refractivity contribution in [2.75, 3.05) is 14.2 Å². The Bertz CT molecular complexity index is 1600. The van der Waals surface area contributed by atoms with E-state index in [4.69, 9.17) is 14.2 Å². The molecule has 0 atom stereocenters. The molecule has 0 bridgehead atoms. The molecule has 3 heterocycles. The van der Waals surface area contributed by atoms with E-state index >= 15 is 0 Å². The summed E-state index contributed by atoms with van der Waals surface area (Å²) < 4.78 is 17.2. The van der Waals surface area contributed by atoms with Crippen LogP contribution in [0.25, 0.3) is 0 Å². The standard InChI is InChI=1S/C33H35N3O7/c1-21-24(13-15-27(37)41-3)26(19-36-17-9-6-10-18-36)34-29(21)32(39)31-25(14-16-28(38)42-4)22(2)30(35-31)33(40)43-20-23-11-7-5-8-12-23/h5-12,17-18H,13-16,19-20H2,1-4H3,(H-,34,35,39,40)/p+1. The molecule has 0 aliphatic heterocycles. The third kappa shape index (κ3) is 7.45. The normalized spacial score (nSPS) is 10.8. The molecule has 0 aliphatic rings. The molecular formula is C33H36N3O7+. The summed E-state index contributed by atoms with van der Waals surface area (Å²) in [4.78, 5) is 57.6. The molecule has 10 heteroatoms. The summed E-state index contributed by atoms with van der Waals surface area (Å²) in [6, 6.07) is 15.0. The first-order valence-corrected chi connectivity index (χ1v) is 14.0. The van der Waals surface area contributed by atoms with Gasteiger partial charge in [0, 0.05) is 25.0 Å². The molecule has 0 radical (unpaired) electrons. The predicted molar refractivity (Wildman–Crippen MR) is 156 cm³/mol. The SMILES string of the molecule is COC(=O)CCc1c(C[n+]2ccccc2)[nH]c(C(=O)c2[nH]c(C(=O)OCc3ccccc3)c(C)c2CCC(=O)OC)c1C. The molecule has 43 heavy (non-hydrogen) atoms. The highest BCUT2D eigenvalue weighted by Crippen LogP contribution is 2.28. The topological polar surface area (TPSA) is 131 Å². The number of aromatic amines is 2. The highest BCUT2D eigenvalue weighted by Gasteiger charge is 2.29. The minimum absolute atomic E-state index is 0.0258. The number of esters is 3. The van der Waals surface area contributed by atoms with Crippen molar-refractivity contribution in [2.45, 2.75) is 52.7 Å². The minimum atomic E-state index is -0.608. The fraction of sp³-hybridized carbons (Fsp3) is 0.303. The van der Waals surface area contributed by atoms with Gasteiger partial charge in [-0.05, 0) is 54.5 Å². The van der Waals surface area contributed by atoms with Gasteiger partial charge in [0.1, 0.15) is 12.3 Å². The van der Waals surface area contributed by atoms with Crippen LogP contribution in [-0.2, 0) is 49.8 Å². The monoisotopic (exact) mass is 586 g/mol. The molecule has 0 saturated heterocycles. The molecule has 0 saturated carbocycles. The van der Waals surface area contributed by atoms with Gasteiger partial charge in [0.15, 0.2) is 18.9 Å². The molecule has 0 amide bonds. The Morgan fingerprint density at radius 3 is 1.93 bits per heavy atom. The second-order valence-corrected chi connectivity index (χ2v) is 10.2. The summed E-state index contributed by atoms with van der Waals surface area (Å²) >= 11 is 0. The van der Waals surface area contributed by atoms with E-state index in [9.17, 15) is 19.2 Å². The van der Waals surface area contributed by atoms with Crippen molar-refractivity contribution in [3.05, 3.63) is 112 Å². The first kappa shape index (κ1) is 31.0. The van der Waals surface area contributed by atoms with Crippen LogP contribution < -0.4 is 4.57 Å². The maximum absolute atomic E-state index is 14.2. The van der Waals surface area contributed by atoms with Crippen LogP contribution >= 0.6 is 0 Å². The smallest absolute Gasteiger partial charge is 0.355 e. The van der Waals surface area contributed by atoms with Crippen LogP contribution in [0.5, 0.6) is 0 Å². The molecule has 4 rings (SSSR count). The molecule has 10 nitrogen and oxygen atoms in total. The Balaban J connectivity index is 1.71. The molecule has 0 unspecified atom stereocenters. The number of hydrogen-bond acceptors (Lipinski definition) is 7. The molecule has 0 fully saturated rings. The van der Waals surface area contributed by atoms with Gasteiger partial charge in [0.2, 0.25) is 5.78 Å². The van der Waals surface area contributed by atoms with Crippen LogP contribution in [0.4, 0.5) is 0 Å². The number of hydrogen-bond donors (Lipinski definition) is 2. The second-order valence-electron chi connectivity index (χ2n) is 10.2. The number of ketones is 1. The number of carbonyl (C=O) groups excluding carboxylic acids is 4. The van der Waals surface area contributed by atoms with E-state index in [1.165, 1.54) is 14.2 Å². The number of methoxy groups -OCH3 is 2. The second kappa shape index (κ2) is 14.3. The van der Waals surface area contributed by atoms with Gasteiger partial charge in [-0.3, -0.25) is 14.4 Å². The molecule has 1 aromatic carbocycles. The van der Waals surface area contributed by atoms with E-state index < -0.39 is 11.9 Å². The number of aromatic nitrogens is 3. The van der Waals surface area contributed by atoms with E-state index in [1.54, 1.807) is 6.92 Å². The quantitative estimate of drug-likeness (QED) is 0.104. The lowest BCUT2D eigenvalue weighted by atomic mass is 9.98. The lowest BCUT2D eigenvalue weighted by Crippen LogP contribution is -2.33. The minimum Gasteiger partial charge on any atom is -0.469 e. The van der Waals surface area contributed by atoms with Gasteiger partial charge in [-0.25, -0.2) is 4.79 Å². The van der Waals surface area contributed by atoms with Gasteiger partial charge in [-0.1, -0.05) is 36.4 Å².